The molecule has 1 saturated heterocycles. The fourth-order valence-electron chi connectivity index (χ4n) is 3.65. The van der Waals surface area contributed by atoms with Gasteiger partial charge in [-0.15, -0.1) is 0 Å². The second kappa shape index (κ2) is 4.43. The highest BCUT2D eigenvalue weighted by Gasteiger charge is 2.39. The molecule has 0 radical (unpaired) electrons. The highest BCUT2D eigenvalue weighted by molar-refractivity contribution is 5.87. The summed E-state index contributed by atoms with van der Waals surface area (Å²) >= 11 is 0. The molecule has 2 aliphatic rings. The molecule has 1 saturated carbocycles. The van der Waals surface area contributed by atoms with E-state index in [1.54, 1.807) is 0 Å². The van der Waals surface area contributed by atoms with Crippen LogP contribution in [0.5, 0.6) is 0 Å². The molecule has 0 bridgehead atoms. The minimum absolute atomic E-state index is 0.224. The number of hydrogen-bond acceptors (Lipinski definition) is 3. The second-order valence-corrected chi connectivity index (χ2v) is 5.53. The zero-order valence-electron chi connectivity index (χ0n) is 11.0. The lowest BCUT2D eigenvalue weighted by Gasteiger charge is -2.19. The lowest BCUT2D eigenvalue weighted by atomic mass is 10.0. The summed E-state index contributed by atoms with van der Waals surface area (Å²) in [5.41, 5.74) is 1.86. The van der Waals surface area contributed by atoms with E-state index in [2.05, 4.69) is 16.8 Å². The van der Waals surface area contributed by atoms with Crippen molar-refractivity contribution < 1.29 is 9.53 Å². The van der Waals surface area contributed by atoms with Crippen molar-refractivity contribution in [2.45, 2.75) is 25.8 Å². The van der Waals surface area contributed by atoms with E-state index in [1.165, 1.54) is 20.0 Å². The van der Waals surface area contributed by atoms with Crippen LogP contribution in [0.15, 0.2) is 12.1 Å². The van der Waals surface area contributed by atoms with Crippen LogP contribution in [0, 0.1) is 18.8 Å². The Morgan fingerprint density at radius 3 is 2.61 bits per heavy atom. The average molecular weight is 248 g/mol. The SMILES string of the molecule is COC(=O)c1ccc(C)n1C1C[C@H]2CNC[C@H]2C1. The number of esters is 1. The summed E-state index contributed by atoms with van der Waals surface area (Å²) in [4.78, 5) is 11.8. The Labute approximate surface area is 107 Å². The zero-order valence-corrected chi connectivity index (χ0v) is 11.0. The van der Waals surface area contributed by atoms with Gasteiger partial charge >= 0.3 is 5.97 Å². The number of nitrogens with one attached hydrogen (secondary N) is 1. The van der Waals surface area contributed by atoms with Crippen LogP contribution in [-0.2, 0) is 4.74 Å². The molecule has 18 heavy (non-hydrogen) atoms. The molecule has 0 amide bonds. The van der Waals surface area contributed by atoms with Gasteiger partial charge in [0, 0.05) is 11.7 Å². The number of rotatable bonds is 2. The minimum Gasteiger partial charge on any atom is -0.464 e. The molecule has 1 aromatic heterocycles. The summed E-state index contributed by atoms with van der Waals surface area (Å²) in [6.07, 6.45) is 2.36. The van der Waals surface area contributed by atoms with Gasteiger partial charge in [0.1, 0.15) is 5.69 Å². The van der Waals surface area contributed by atoms with Crippen molar-refractivity contribution in [3.8, 4) is 0 Å². The van der Waals surface area contributed by atoms with Gasteiger partial charge in [-0.25, -0.2) is 4.79 Å². The molecule has 1 unspecified atom stereocenters. The smallest absolute Gasteiger partial charge is 0.354 e. The van der Waals surface area contributed by atoms with Gasteiger partial charge in [0.15, 0.2) is 0 Å². The molecule has 1 aromatic rings. The Balaban J connectivity index is 1.88. The van der Waals surface area contributed by atoms with E-state index >= 15 is 0 Å². The van der Waals surface area contributed by atoms with E-state index in [4.69, 9.17) is 4.74 Å². The van der Waals surface area contributed by atoms with Crippen molar-refractivity contribution in [1.82, 2.24) is 9.88 Å². The number of hydrogen-bond donors (Lipinski definition) is 1. The predicted octanol–water partition coefficient (Wildman–Crippen LogP) is 1.75. The number of carbonyl (C=O) groups is 1. The Morgan fingerprint density at radius 2 is 2.00 bits per heavy atom. The third kappa shape index (κ3) is 1.75. The van der Waals surface area contributed by atoms with Crippen LogP contribution in [0.2, 0.25) is 0 Å². The topological polar surface area (TPSA) is 43.3 Å². The monoisotopic (exact) mass is 248 g/mol. The molecule has 4 heteroatoms. The van der Waals surface area contributed by atoms with Crippen LogP contribution in [0.4, 0.5) is 0 Å². The van der Waals surface area contributed by atoms with Gasteiger partial charge < -0.3 is 14.6 Å². The molecule has 3 atom stereocenters. The molecular formula is C14H20N2O2. The van der Waals surface area contributed by atoms with Crippen LogP contribution in [0.25, 0.3) is 0 Å². The van der Waals surface area contributed by atoms with Crippen LogP contribution >= 0.6 is 0 Å². The molecule has 0 spiro atoms. The quantitative estimate of drug-likeness (QED) is 0.811. The third-order valence-corrected chi connectivity index (χ3v) is 4.51. The maximum absolute atomic E-state index is 11.8. The Bertz CT molecular complexity index is 454. The molecule has 4 nitrogen and oxygen atoms in total. The molecule has 2 heterocycles. The van der Waals surface area contributed by atoms with Crippen molar-refractivity contribution in [1.29, 1.82) is 0 Å². The highest BCUT2D eigenvalue weighted by Crippen LogP contribution is 2.42. The molecule has 3 rings (SSSR count). The number of nitrogens with zero attached hydrogens (tertiary/aromatic N) is 1. The van der Waals surface area contributed by atoms with Gasteiger partial charge in [-0.2, -0.15) is 0 Å². The highest BCUT2D eigenvalue weighted by atomic mass is 16.5. The molecule has 98 valence electrons. The molecule has 2 fully saturated rings. The molecule has 1 N–H and O–H groups in total. The normalized spacial score (nSPS) is 30.4. The van der Waals surface area contributed by atoms with Crippen molar-refractivity contribution in [3.63, 3.8) is 0 Å². The summed E-state index contributed by atoms with van der Waals surface area (Å²) in [6.45, 7) is 4.34. The fraction of sp³-hybridized carbons (Fsp3) is 0.643. The number of carbonyl (C=O) groups excluding carboxylic acids is 1. The van der Waals surface area contributed by atoms with Crippen LogP contribution < -0.4 is 5.32 Å². The first-order valence-corrected chi connectivity index (χ1v) is 6.67. The number of methoxy groups -OCH3 is 1. The number of ether oxygens (including phenoxy) is 1. The molecular weight excluding hydrogens is 228 g/mol. The van der Waals surface area contributed by atoms with Gasteiger partial charge in [-0.05, 0) is 56.8 Å². The first-order chi connectivity index (χ1) is 8.70. The standard InChI is InChI=1S/C14H20N2O2/c1-9-3-4-13(14(17)18-2)16(9)12-5-10-7-15-8-11(10)6-12/h3-4,10-12,15H,5-8H2,1-2H3/t10-,11+,12?. The van der Waals surface area contributed by atoms with Crippen molar-refractivity contribution in [2.75, 3.05) is 20.2 Å². The maximum atomic E-state index is 11.8. The van der Waals surface area contributed by atoms with E-state index in [1.807, 2.05) is 12.1 Å². The van der Waals surface area contributed by atoms with E-state index in [9.17, 15) is 4.79 Å². The second-order valence-electron chi connectivity index (χ2n) is 5.53. The summed E-state index contributed by atoms with van der Waals surface area (Å²) in [7, 11) is 1.45. The Kier molecular flexibility index (Phi) is 2.90. The number of aromatic nitrogens is 1. The third-order valence-electron chi connectivity index (χ3n) is 4.51. The van der Waals surface area contributed by atoms with Crippen LogP contribution in [0.3, 0.4) is 0 Å². The Morgan fingerprint density at radius 1 is 1.33 bits per heavy atom. The fourth-order valence-corrected chi connectivity index (χ4v) is 3.65. The van der Waals surface area contributed by atoms with E-state index in [0.717, 1.165) is 30.6 Å². The van der Waals surface area contributed by atoms with Gasteiger partial charge in [0.05, 0.1) is 7.11 Å². The molecule has 1 aliphatic carbocycles. The summed E-state index contributed by atoms with van der Waals surface area (Å²) in [6, 6.07) is 4.36. The first-order valence-electron chi connectivity index (χ1n) is 6.67. The van der Waals surface area contributed by atoms with Crippen molar-refractivity contribution >= 4 is 5.97 Å². The van der Waals surface area contributed by atoms with Crippen LogP contribution in [-0.4, -0.2) is 30.7 Å². The first kappa shape index (κ1) is 11.8. The minimum atomic E-state index is -0.224. The maximum Gasteiger partial charge on any atom is 0.354 e. The van der Waals surface area contributed by atoms with E-state index < -0.39 is 0 Å². The van der Waals surface area contributed by atoms with Crippen LogP contribution in [0.1, 0.15) is 35.1 Å². The summed E-state index contributed by atoms with van der Waals surface area (Å²) < 4.78 is 7.06. The van der Waals surface area contributed by atoms with Gasteiger partial charge in [0.25, 0.3) is 0 Å². The van der Waals surface area contributed by atoms with Crippen molar-refractivity contribution in [2.24, 2.45) is 11.8 Å². The largest absolute Gasteiger partial charge is 0.464 e. The van der Waals surface area contributed by atoms with Gasteiger partial charge in [-0.3, -0.25) is 0 Å². The van der Waals surface area contributed by atoms with E-state index in [0.29, 0.717) is 11.7 Å². The van der Waals surface area contributed by atoms with E-state index in [-0.39, 0.29) is 5.97 Å². The zero-order chi connectivity index (χ0) is 12.7. The number of fused-ring (bicyclic) bond motifs is 1. The molecule has 0 aromatic carbocycles. The lowest BCUT2D eigenvalue weighted by molar-refractivity contribution is 0.0585. The van der Waals surface area contributed by atoms with Crippen molar-refractivity contribution in [3.05, 3.63) is 23.5 Å². The van der Waals surface area contributed by atoms with Gasteiger partial charge in [-0.1, -0.05) is 0 Å². The summed E-state index contributed by atoms with van der Waals surface area (Å²) in [5, 5.41) is 3.45. The predicted molar refractivity (Wildman–Crippen MR) is 68.6 cm³/mol. The number of aryl methyl sites for hydroxylation is 1. The van der Waals surface area contributed by atoms with Gasteiger partial charge in [0.2, 0.25) is 0 Å². The summed E-state index contributed by atoms with van der Waals surface area (Å²) in [5.74, 6) is 1.34. The average Bonchev–Trinajstić information content (AvgIpc) is 3.00. The lowest BCUT2D eigenvalue weighted by Crippen LogP contribution is -2.18. The molecule has 1 aliphatic heterocycles. The Hall–Kier alpha value is -1.29.